The fourth-order valence-corrected chi connectivity index (χ4v) is 4.23. The molecule has 0 saturated carbocycles. The highest BCUT2D eigenvalue weighted by atomic mass is 32.1. The number of carbonyl (C=O) groups is 1. The number of nitrogens with one attached hydrogen (secondary N) is 1. The Hall–Kier alpha value is -3.73. The Kier molecular flexibility index (Phi) is 7.99. The molecule has 0 saturated heterocycles. The Morgan fingerprint density at radius 1 is 1.14 bits per heavy atom. The third-order valence-electron chi connectivity index (χ3n) is 5.49. The van der Waals surface area contributed by atoms with E-state index in [9.17, 15) is 18.0 Å². The first-order valence-corrected chi connectivity index (χ1v) is 12.2. The van der Waals surface area contributed by atoms with E-state index in [2.05, 4.69) is 26.7 Å². The van der Waals surface area contributed by atoms with Gasteiger partial charge in [0.05, 0.1) is 11.8 Å². The van der Waals surface area contributed by atoms with Crippen LogP contribution in [0.5, 0.6) is 5.75 Å². The summed E-state index contributed by atoms with van der Waals surface area (Å²) in [4.78, 5) is 16.7. The van der Waals surface area contributed by atoms with E-state index in [0.717, 1.165) is 43.5 Å². The summed E-state index contributed by atoms with van der Waals surface area (Å²) in [5.74, 6) is 0.214. The first-order valence-electron chi connectivity index (χ1n) is 11.3. The molecule has 1 amide bonds. The average molecular weight is 516 g/mol. The molecule has 2 aromatic carbocycles. The van der Waals surface area contributed by atoms with Gasteiger partial charge in [0.2, 0.25) is 0 Å². The minimum absolute atomic E-state index is 0.177. The number of aryl methyl sites for hydroxylation is 3. The summed E-state index contributed by atoms with van der Waals surface area (Å²) in [7, 11) is 0. The van der Waals surface area contributed by atoms with Crippen molar-refractivity contribution in [2.75, 3.05) is 5.32 Å². The zero-order chi connectivity index (χ0) is 25.5. The zero-order valence-electron chi connectivity index (χ0n) is 19.5. The van der Waals surface area contributed by atoms with Gasteiger partial charge in [0.15, 0.2) is 0 Å². The molecule has 11 heteroatoms. The van der Waals surface area contributed by atoms with E-state index in [1.54, 1.807) is 11.6 Å². The minimum atomic E-state index is -4.43. The molecule has 188 valence electrons. The van der Waals surface area contributed by atoms with Crippen LogP contribution in [0.4, 0.5) is 18.9 Å². The smallest absolute Gasteiger partial charge is 0.416 e. The molecule has 2 heterocycles. The molecule has 0 aliphatic carbocycles. The van der Waals surface area contributed by atoms with E-state index < -0.39 is 17.6 Å². The summed E-state index contributed by atoms with van der Waals surface area (Å²) in [6.45, 7) is 3.10. The second-order valence-corrected chi connectivity index (χ2v) is 9.10. The van der Waals surface area contributed by atoms with Crippen molar-refractivity contribution in [3.63, 3.8) is 0 Å². The van der Waals surface area contributed by atoms with Gasteiger partial charge < -0.3 is 10.1 Å². The second-order valence-electron chi connectivity index (χ2n) is 8.16. The van der Waals surface area contributed by atoms with Crippen molar-refractivity contribution in [3.8, 4) is 5.75 Å². The number of unbranched alkanes of at least 4 members (excludes halogenated alkanes) is 1. The molecule has 0 aliphatic rings. The predicted molar refractivity (Wildman–Crippen MR) is 130 cm³/mol. The summed E-state index contributed by atoms with van der Waals surface area (Å²) < 4.78 is 45.7. The van der Waals surface area contributed by atoms with E-state index in [-0.39, 0.29) is 18.0 Å². The molecule has 7 nitrogen and oxygen atoms in total. The SMILES string of the molecule is Cc1cc(OCc2nc(C(=O)Nc3ccc(C(F)(F)F)cc3)cs2)ccc1CCCCn1ccnn1. The summed E-state index contributed by atoms with van der Waals surface area (Å²) in [5, 5.41) is 12.5. The fourth-order valence-electron chi connectivity index (χ4n) is 3.54. The number of nitrogens with zero attached hydrogens (tertiary/aromatic N) is 4. The Morgan fingerprint density at radius 2 is 1.94 bits per heavy atom. The van der Waals surface area contributed by atoms with E-state index in [1.807, 2.05) is 29.9 Å². The number of carbonyl (C=O) groups excluding carboxylic acids is 1. The minimum Gasteiger partial charge on any atom is -0.486 e. The van der Waals surface area contributed by atoms with Crippen LogP contribution in [0.3, 0.4) is 0 Å². The van der Waals surface area contributed by atoms with Crippen molar-refractivity contribution in [3.05, 3.63) is 87.6 Å². The number of thiazole rings is 1. The molecule has 0 spiro atoms. The summed E-state index contributed by atoms with van der Waals surface area (Å²) in [5.41, 5.74) is 2.06. The number of ether oxygens (including phenoxy) is 1. The quantitative estimate of drug-likeness (QED) is 0.265. The number of aromatic nitrogens is 4. The van der Waals surface area contributed by atoms with Gasteiger partial charge in [-0.2, -0.15) is 13.2 Å². The first-order chi connectivity index (χ1) is 17.3. The summed E-state index contributed by atoms with van der Waals surface area (Å²) in [6, 6.07) is 10.2. The Morgan fingerprint density at radius 3 is 2.64 bits per heavy atom. The maximum atomic E-state index is 12.7. The number of amides is 1. The number of hydrogen-bond acceptors (Lipinski definition) is 6. The molecular weight excluding hydrogens is 491 g/mol. The highest BCUT2D eigenvalue weighted by molar-refractivity contribution is 7.09. The van der Waals surface area contributed by atoms with Crippen molar-refractivity contribution in [1.29, 1.82) is 0 Å². The molecule has 0 unspecified atom stereocenters. The van der Waals surface area contributed by atoms with E-state index in [1.165, 1.54) is 29.0 Å². The highest BCUT2D eigenvalue weighted by Gasteiger charge is 2.30. The van der Waals surface area contributed by atoms with Crippen LogP contribution in [0.1, 0.15) is 45.0 Å². The van der Waals surface area contributed by atoms with Crippen molar-refractivity contribution < 1.29 is 22.7 Å². The molecule has 1 N–H and O–H groups in total. The van der Waals surface area contributed by atoms with Crippen LogP contribution in [-0.2, 0) is 25.7 Å². The molecule has 0 fully saturated rings. The van der Waals surface area contributed by atoms with Crippen LogP contribution in [0, 0.1) is 6.92 Å². The number of hydrogen-bond donors (Lipinski definition) is 1. The molecule has 36 heavy (non-hydrogen) atoms. The van der Waals surface area contributed by atoms with Gasteiger partial charge in [-0.15, -0.1) is 16.4 Å². The standard InChI is InChI=1S/C25H24F3N5O2S/c1-17-14-21(10-5-18(17)4-2-3-12-33-13-11-29-32-33)35-15-23-31-22(16-36-23)24(34)30-20-8-6-19(7-9-20)25(26,27)28/h5-11,13-14,16H,2-4,12,15H2,1H3,(H,30,34). The molecule has 0 radical (unpaired) electrons. The molecule has 0 atom stereocenters. The van der Waals surface area contributed by atoms with Gasteiger partial charge in [-0.1, -0.05) is 11.3 Å². The van der Waals surface area contributed by atoms with Gasteiger partial charge in [0.25, 0.3) is 5.91 Å². The van der Waals surface area contributed by atoms with Crippen LogP contribution in [0.15, 0.2) is 60.2 Å². The van der Waals surface area contributed by atoms with Crippen molar-refractivity contribution >= 4 is 22.9 Å². The van der Waals surface area contributed by atoms with Crippen molar-refractivity contribution in [2.24, 2.45) is 0 Å². The van der Waals surface area contributed by atoms with Gasteiger partial charge in [0, 0.05) is 23.8 Å². The number of halogens is 3. The predicted octanol–water partition coefficient (Wildman–Crippen LogP) is 5.92. The maximum absolute atomic E-state index is 12.7. The molecule has 2 aromatic heterocycles. The van der Waals surface area contributed by atoms with Crippen molar-refractivity contribution in [1.82, 2.24) is 20.0 Å². The lowest BCUT2D eigenvalue weighted by Crippen LogP contribution is -2.13. The Labute approximate surface area is 209 Å². The molecular formula is C25H24F3N5O2S. The Balaban J connectivity index is 1.25. The number of rotatable bonds is 10. The van der Waals surface area contributed by atoms with E-state index >= 15 is 0 Å². The van der Waals surface area contributed by atoms with Crippen LogP contribution in [0.2, 0.25) is 0 Å². The molecule has 0 aliphatic heterocycles. The lowest BCUT2D eigenvalue weighted by Gasteiger charge is -2.10. The molecule has 4 rings (SSSR count). The van der Waals surface area contributed by atoms with Gasteiger partial charge in [0.1, 0.15) is 23.1 Å². The first kappa shape index (κ1) is 25.4. The van der Waals surface area contributed by atoms with Gasteiger partial charge >= 0.3 is 6.18 Å². The largest absolute Gasteiger partial charge is 0.486 e. The van der Waals surface area contributed by atoms with Crippen LogP contribution < -0.4 is 10.1 Å². The fraction of sp³-hybridized carbons (Fsp3) is 0.280. The maximum Gasteiger partial charge on any atom is 0.416 e. The van der Waals surface area contributed by atoms with E-state index in [4.69, 9.17) is 4.74 Å². The van der Waals surface area contributed by atoms with Crippen LogP contribution >= 0.6 is 11.3 Å². The Bertz CT molecular complexity index is 1290. The van der Waals surface area contributed by atoms with Crippen LogP contribution in [-0.4, -0.2) is 25.9 Å². The number of benzene rings is 2. The third-order valence-corrected chi connectivity index (χ3v) is 6.31. The highest BCUT2D eigenvalue weighted by Crippen LogP contribution is 2.30. The average Bonchev–Trinajstić information content (AvgIpc) is 3.54. The third kappa shape index (κ3) is 6.91. The topological polar surface area (TPSA) is 81.9 Å². The monoisotopic (exact) mass is 515 g/mol. The van der Waals surface area contributed by atoms with Gasteiger partial charge in [-0.3, -0.25) is 9.48 Å². The normalized spacial score (nSPS) is 11.4. The number of anilines is 1. The molecule has 4 aromatic rings. The lowest BCUT2D eigenvalue weighted by molar-refractivity contribution is -0.137. The summed E-state index contributed by atoms with van der Waals surface area (Å²) in [6.07, 6.45) is 2.12. The van der Waals surface area contributed by atoms with E-state index in [0.29, 0.717) is 10.8 Å². The lowest BCUT2D eigenvalue weighted by atomic mass is 10.0. The van der Waals surface area contributed by atoms with Crippen LogP contribution in [0.25, 0.3) is 0 Å². The summed E-state index contributed by atoms with van der Waals surface area (Å²) >= 11 is 1.28. The van der Waals surface area contributed by atoms with Gasteiger partial charge in [-0.05, 0) is 73.7 Å². The van der Waals surface area contributed by atoms with Crippen molar-refractivity contribution in [2.45, 2.75) is 45.5 Å². The second kappa shape index (κ2) is 11.3. The molecule has 0 bridgehead atoms. The zero-order valence-corrected chi connectivity index (χ0v) is 20.3. The number of alkyl halides is 3. The van der Waals surface area contributed by atoms with Gasteiger partial charge in [-0.25, -0.2) is 4.98 Å².